The lowest BCUT2D eigenvalue weighted by molar-refractivity contribution is 0.0981. The van der Waals surface area contributed by atoms with E-state index in [0.717, 1.165) is 33.8 Å². The summed E-state index contributed by atoms with van der Waals surface area (Å²) in [5.41, 5.74) is 7.46. The number of hydrogen-bond acceptors (Lipinski definition) is 10. The average molecular weight is 1270 g/mol. The number of carbonyl (C=O) groups excluding carboxylic acids is 2. The molecule has 0 spiro atoms. The molecule has 86 heavy (non-hydrogen) atoms. The smallest absolute Gasteiger partial charge is 0.258 e. The number of thioether (sulfide) groups is 2. The molecule has 0 bridgehead atoms. The summed E-state index contributed by atoms with van der Waals surface area (Å²) in [7, 11) is -4.25. The SMILES string of the molecule is CC(C)[Si](Oc1ccc(C(=O)C(Sc2c(O)ccc(OCc3ccccc3)c2Cl)c2ccccc2)cc1)(C(C)C)C(C)C.CC(C)[Si](Oc1ccc(C(=O)C(Sc2cc(OCc3ccccc3)c(Cl)cc2O)c2ccccc2)cc1)(C(C)C)C(C)C. The number of hydrogen-bond donors (Lipinski definition) is 2. The number of benzene rings is 8. The number of phenolic OH excluding ortho intramolecular Hbond substituents is 2. The summed E-state index contributed by atoms with van der Waals surface area (Å²) in [6.45, 7) is 27.8. The second kappa shape index (κ2) is 31.0. The first-order valence-electron chi connectivity index (χ1n) is 29.5. The van der Waals surface area contributed by atoms with E-state index in [0.29, 0.717) is 83.9 Å². The maximum absolute atomic E-state index is 14.1. The lowest BCUT2D eigenvalue weighted by Crippen LogP contribution is -2.50. The summed E-state index contributed by atoms with van der Waals surface area (Å²) >= 11 is 15.7. The van der Waals surface area contributed by atoms with Crippen LogP contribution in [0.25, 0.3) is 0 Å². The van der Waals surface area contributed by atoms with Crippen LogP contribution in [0.4, 0.5) is 0 Å². The molecule has 14 heteroatoms. The molecule has 452 valence electrons. The van der Waals surface area contributed by atoms with Gasteiger partial charge in [0.05, 0.1) is 30.3 Å². The highest BCUT2D eigenvalue weighted by Crippen LogP contribution is 2.50. The van der Waals surface area contributed by atoms with Gasteiger partial charge in [-0.05, 0) is 122 Å². The third kappa shape index (κ3) is 16.4. The minimum Gasteiger partial charge on any atom is -0.543 e. The zero-order valence-corrected chi connectivity index (χ0v) is 56.6. The molecule has 0 aromatic heterocycles. The number of aromatic hydroxyl groups is 2. The van der Waals surface area contributed by atoms with Crippen molar-refractivity contribution in [2.24, 2.45) is 0 Å². The van der Waals surface area contributed by atoms with Gasteiger partial charge in [-0.1, -0.05) is 228 Å². The van der Waals surface area contributed by atoms with Crippen LogP contribution >= 0.6 is 46.7 Å². The highest BCUT2D eigenvalue weighted by molar-refractivity contribution is 8.00. The molecule has 0 aliphatic heterocycles. The van der Waals surface area contributed by atoms with Crippen molar-refractivity contribution in [1.82, 2.24) is 0 Å². The van der Waals surface area contributed by atoms with E-state index in [1.54, 1.807) is 18.2 Å². The normalized spacial score (nSPS) is 12.5. The van der Waals surface area contributed by atoms with Gasteiger partial charge in [0.1, 0.15) is 47.7 Å². The summed E-state index contributed by atoms with van der Waals surface area (Å²) < 4.78 is 25.6. The molecule has 0 fully saturated rings. The highest BCUT2D eigenvalue weighted by atomic mass is 35.5. The molecule has 8 rings (SSSR count). The van der Waals surface area contributed by atoms with Crippen molar-refractivity contribution in [3.8, 4) is 34.5 Å². The Morgan fingerprint density at radius 1 is 0.430 bits per heavy atom. The molecule has 8 aromatic carbocycles. The monoisotopic (exact) mass is 1260 g/mol. The zero-order chi connectivity index (χ0) is 62.3. The standard InChI is InChI=1S/2C36H41ClO4SSi/c1-24(2)43(25(3)4,26(5)6)41-30-19-17-28(18-20-30)35(39)36(29-15-11-8-12-16-29)42-34-22-33(31(37)21-32(34)38)40-23-27-13-9-7-10-14-27;1-24(2)43(25(3)4,26(5)6)41-30-19-17-28(18-20-30)34(39)35(29-15-11-8-12-16-29)42-36-31(38)21-22-32(33(36)37)40-23-27-13-9-7-10-14-27/h7-22,24-26,36,38H,23H2,1-6H3;7-22,24-26,35,38H,23H2,1-6H3. The first-order chi connectivity index (χ1) is 41.1. The van der Waals surface area contributed by atoms with Crippen LogP contribution in [0.1, 0.15) is 137 Å². The van der Waals surface area contributed by atoms with Crippen LogP contribution in [0.2, 0.25) is 43.3 Å². The molecule has 8 aromatic rings. The second-order valence-electron chi connectivity index (χ2n) is 23.5. The Bertz CT molecular complexity index is 3360. The summed E-state index contributed by atoms with van der Waals surface area (Å²) in [6.07, 6.45) is 0. The number of rotatable bonds is 26. The molecule has 0 heterocycles. The van der Waals surface area contributed by atoms with Crippen LogP contribution in [0.3, 0.4) is 0 Å². The van der Waals surface area contributed by atoms with E-state index in [1.807, 2.05) is 170 Å². The molecule has 0 aliphatic rings. The van der Waals surface area contributed by atoms with Crippen molar-refractivity contribution in [2.45, 2.75) is 150 Å². The Balaban J connectivity index is 0.000000246. The summed E-state index contributed by atoms with van der Waals surface area (Å²) in [5.74, 6) is 2.33. The van der Waals surface area contributed by atoms with E-state index < -0.39 is 27.1 Å². The van der Waals surface area contributed by atoms with Gasteiger partial charge in [0, 0.05) is 17.2 Å². The van der Waals surface area contributed by atoms with Crippen LogP contribution in [0.5, 0.6) is 34.5 Å². The zero-order valence-electron chi connectivity index (χ0n) is 51.4. The van der Waals surface area contributed by atoms with Gasteiger partial charge in [-0.3, -0.25) is 9.59 Å². The number of carbonyl (C=O) groups is 2. The number of halogens is 2. The molecular formula is C72H82Cl2O8S2Si2. The summed E-state index contributed by atoms with van der Waals surface area (Å²) in [6, 6.07) is 60.2. The Morgan fingerprint density at radius 3 is 1.17 bits per heavy atom. The van der Waals surface area contributed by atoms with Crippen LogP contribution in [0, 0.1) is 0 Å². The van der Waals surface area contributed by atoms with Crippen molar-refractivity contribution in [3.05, 3.63) is 238 Å². The molecule has 2 atom stereocenters. The van der Waals surface area contributed by atoms with Gasteiger partial charge in [0.2, 0.25) is 0 Å². The summed E-state index contributed by atoms with van der Waals surface area (Å²) in [5, 5.41) is 21.0. The topological polar surface area (TPSA) is 112 Å². The van der Waals surface area contributed by atoms with Crippen LogP contribution in [-0.2, 0) is 13.2 Å². The molecule has 2 unspecified atom stereocenters. The molecule has 0 radical (unpaired) electrons. The average Bonchev–Trinajstić information content (AvgIpc) is 2.30. The van der Waals surface area contributed by atoms with Crippen molar-refractivity contribution >= 4 is 74.9 Å². The Kier molecular flexibility index (Phi) is 24.2. The summed E-state index contributed by atoms with van der Waals surface area (Å²) in [4.78, 5) is 29.0. The first kappa shape index (κ1) is 67.1. The minimum absolute atomic E-state index is 0.00288. The van der Waals surface area contributed by atoms with Gasteiger partial charge in [-0.15, -0.1) is 23.5 Å². The van der Waals surface area contributed by atoms with Gasteiger partial charge < -0.3 is 28.5 Å². The lowest BCUT2D eigenvalue weighted by Gasteiger charge is -2.42. The van der Waals surface area contributed by atoms with Crippen molar-refractivity contribution in [1.29, 1.82) is 0 Å². The van der Waals surface area contributed by atoms with E-state index in [-0.39, 0.29) is 28.1 Å². The lowest BCUT2D eigenvalue weighted by atomic mass is 10.0. The van der Waals surface area contributed by atoms with Crippen molar-refractivity contribution in [2.75, 3.05) is 0 Å². The van der Waals surface area contributed by atoms with Gasteiger partial charge >= 0.3 is 0 Å². The molecule has 8 nitrogen and oxygen atoms in total. The third-order valence-electron chi connectivity index (χ3n) is 16.0. The predicted octanol–water partition coefficient (Wildman–Crippen LogP) is 21.8. The fraction of sp³-hybridized carbons (Fsp3) is 0.306. The number of ketones is 2. The highest BCUT2D eigenvalue weighted by Gasteiger charge is 2.48. The first-order valence-corrected chi connectivity index (χ1v) is 36.3. The number of phenols is 2. The number of Topliss-reactive ketones (excluding diaryl/α,β-unsaturated/α-hetero) is 2. The van der Waals surface area contributed by atoms with E-state index in [4.69, 9.17) is 41.5 Å². The van der Waals surface area contributed by atoms with Gasteiger partial charge in [0.15, 0.2) is 11.6 Å². The van der Waals surface area contributed by atoms with Gasteiger partial charge in [-0.2, -0.15) is 0 Å². The quantitative estimate of drug-likeness (QED) is 0.0309. The fourth-order valence-corrected chi connectivity index (χ4v) is 25.2. The predicted molar refractivity (Wildman–Crippen MR) is 363 cm³/mol. The van der Waals surface area contributed by atoms with E-state index in [9.17, 15) is 19.8 Å². The Labute approximate surface area is 531 Å². The maximum atomic E-state index is 14.1. The Morgan fingerprint density at radius 2 is 0.791 bits per heavy atom. The van der Waals surface area contributed by atoms with E-state index in [2.05, 4.69) is 83.1 Å². The van der Waals surface area contributed by atoms with Crippen molar-refractivity contribution < 1.29 is 38.1 Å². The second-order valence-corrected chi connectivity index (χ2v) is 37.3. The largest absolute Gasteiger partial charge is 0.543 e. The fourth-order valence-electron chi connectivity index (χ4n) is 11.8. The van der Waals surface area contributed by atoms with Crippen LogP contribution in [0.15, 0.2) is 204 Å². The molecule has 0 aliphatic carbocycles. The molecule has 2 N–H and O–H groups in total. The van der Waals surface area contributed by atoms with E-state index >= 15 is 0 Å². The molecule has 0 saturated carbocycles. The van der Waals surface area contributed by atoms with Crippen LogP contribution in [-0.4, -0.2) is 38.4 Å². The molecular weight excluding hydrogens is 1180 g/mol. The maximum Gasteiger partial charge on any atom is 0.258 e. The molecule has 0 amide bonds. The van der Waals surface area contributed by atoms with Gasteiger partial charge in [-0.25, -0.2) is 0 Å². The third-order valence-corrected chi connectivity index (χ3v) is 31.4. The Hall–Kier alpha value is -6.39. The number of ether oxygens (including phenoxy) is 2. The van der Waals surface area contributed by atoms with Gasteiger partial charge in [0.25, 0.3) is 16.6 Å². The van der Waals surface area contributed by atoms with Crippen molar-refractivity contribution in [3.63, 3.8) is 0 Å². The minimum atomic E-state index is -2.13. The van der Waals surface area contributed by atoms with E-state index in [1.165, 1.54) is 29.6 Å². The molecule has 0 saturated heterocycles. The van der Waals surface area contributed by atoms with Crippen LogP contribution < -0.4 is 18.3 Å².